The molecule has 3 rings (SSSR count). The van der Waals surface area contributed by atoms with Crippen LogP contribution in [-0.2, 0) is 4.79 Å². The standard InChI is InChI=1S/C12H16O2/c1-12(2)9-5-3-8(10(12)7-9)4-6-11(13)14/h3-4,6,9-10H,5,7H2,1-2H3,(H,13,14)/b6-4+. The van der Waals surface area contributed by atoms with Crippen molar-refractivity contribution in [3.8, 4) is 0 Å². The Bertz CT molecular complexity index is 323. The summed E-state index contributed by atoms with van der Waals surface area (Å²) in [6, 6.07) is 0. The summed E-state index contributed by atoms with van der Waals surface area (Å²) in [4.78, 5) is 10.4. The Kier molecular flexibility index (Phi) is 2.02. The SMILES string of the molecule is CC1(C)C2CC=C(/C=C/C(=O)O)C1C2. The summed E-state index contributed by atoms with van der Waals surface area (Å²) in [6.45, 7) is 4.57. The van der Waals surface area contributed by atoms with Gasteiger partial charge in [0.2, 0.25) is 0 Å². The smallest absolute Gasteiger partial charge is 0.328 e. The second-order valence-corrected chi connectivity index (χ2v) is 4.92. The third-order valence-corrected chi connectivity index (χ3v) is 3.93. The molecule has 1 saturated carbocycles. The fourth-order valence-electron chi connectivity index (χ4n) is 2.75. The predicted molar refractivity (Wildman–Crippen MR) is 54.9 cm³/mol. The van der Waals surface area contributed by atoms with Crippen molar-refractivity contribution in [2.45, 2.75) is 26.7 Å². The molecule has 0 saturated heterocycles. The van der Waals surface area contributed by atoms with Gasteiger partial charge in [-0.2, -0.15) is 0 Å². The molecule has 2 atom stereocenters. The van der Waals surface area contributed by atoms with Crippen LogP contribution < -0.4 is 0 Å². The van der Waals surface area contributed by atoms with Gasteiger partial charge in [-0.05, 0) is 35.7 Å². The zero-order valence-corrected chi connectivity index (χ0v) is 8.66. The molecule has 76 valence electrons. The number of rotatable bonds is 2. The first-order valence-electron chi connectivity index (χ1n) is 5.13. The van der Waals surface area contributed by atoms with Crippen LogP contribution in [0.25, 0.3) is 0 Å². The van der Waals surface area contributed by atoms with Gasteiger partial charge in [0.05, 0.1) is 0 Å². The first kappa shape index (κ1) is 9.50. The Labute approximate surface area is 84.3 Å². The lowest BCUT2D eigenvalue weighted by Gasteiger charge is -2.56. The van der Waals surface area contributed by atoms with Crippen LogP contribution in [0.15, 0.2) is 23.8 Å². The Balaban J connectivity index is 2.15. The van der Waals surface area contributed by atoms with Crippen LogP contribution in [0.3, 0.4) is 0 Å². The van der Waals surface area contributed by atoms with E-state index in [1.165, 1.54) is 18.1 Å². The van der Waals surface area contributed by atoms with Gasteiger partial charge in [0.25, 0.3) is 0 Å². The van der Waals surface area contributed by atoms with E-state index in [-0.39, 0.29) is 0 Å². The summed E-state index contributed by atoms with van der Waals surface area (Å²) in [6.07, 6.45) is 7.57. The first-order valence-corrected chi connectivity index (χ1v) is 5.13. The lowest BCUT2D eigenvalue weighted by atomic mass is 9.49. The maximum Gasteiger partial charge on any atom is 0.328 e. The fourth-order valence-corrected chi connectivity index (χ4v) is 2.75. The number of carboxylic acid groups (broad SMARTS) is 1. The Hall–Kier alpha value is -1.05. The van der Waals surface area contributed by atoms with Crippen molar-refractivity contribution in [3.05, 3.63) is 23.8 Å². The molecule has 0 aliphatic heterocycles. The van der Waals surface area contributed by atoms with Crippen molar-refractivity contribution in [1.29, 1.82) is 0 Å². The van der Waals surface area contributed by atoms with Gasteiger partial charge in [0, 0.05) is 6.08 Å². The highest BCUT2D eigenvalue weighted by atomic mass is 16.4. The number of allylic oxidation sites excluding steroid dienone is 3. The fraction of sp³-hybridized carbons (Fsp3) is 0.583. The van der Waals surface area contributed by atoms with Crippen LogP contribution >= 0.6 is 0 Å². The van der Waals surface area contributed by atoms with E-state index in [0.717, 1.165) is 12.3 Å². The normalized spacial score (nSPS) is 33.7. The van der Waals surface area contributed by atoms with Crippen LogP contribution in [0.4, 0.5) is 0 Å². The molecule has 3 aliphatic carbocycles. The van der Waals surface area contributed by atoms with E-state index < -0.39 is 5.97 Å². The average Bonchev–Trinajstić information content (AvgIpc) is 2.14. The topological polar surface area (TPSA) is 37.3 Å². The summed E-state index contributed by atoms with van der Waals surface area (Å²) >= 11 is 0. The molecule has 0 aromatic heterocycles. The van der Waals surface area contributed by atoms with Crippen molar-refractivity contribution >= 4 is 5.97 Å². The van der Waals surface area contributed by atoms with Crippen molar-refractivity contribution in [2.75, 3.05) is 0 Å². The molecular formula is C12H16O2. The molecule has 0 aromatic rings. The number of carbonyl (C=O) groups is 1. The molecule has 2 heteroatoms. The molecule has 0 heterocycles. The van der Waals surface area contributed by atoms with Crippen molar-refractivity contribution in [3.63, 3.8) is 0 Å². The second kappa shape index (κ2) is 2.97. The summed E-state index contributed by atoms with van der Waals surface area (Å²) in [5.74, 6) is 0.538. The highest BCUT2D eigenvalue weighted by molar-refractivity contribution is 5.80. The average molecular weight is 192 g/mol. The van der Waals surface area contributed by atoms with E-state index >= 15 is 0 Å². The number of hydrogen-bond acceptors (Lipinski definition) is 1. The molecule has 1 fully saturated rings. The highest BCUT2D eigenvalue weighted by Gasteiger charge is 2.50. The lowest BCUT2D eigenvalue weighted by Crippen LogP contribution is -2.47. The zero-order valence-electron chi connectivity index (χ0n) is 8.66. The summed E-state index contributed by atoms with van der Waals surface area (Å²) < 4.78 is 0. The summed E-state index contributed by atoms with van der Waals surface area (Å²) in [7, 11) is 0. The number of aliphatic carboxylic acids is 1. The van der Waals surface area contributed by atoms with Gasteiger partial charge in [0.1, 0.15) is 0 Å². The number of hydrogen-bond donors (Lipinski definition) is 1. The molecule has 3 aliphatic rings. The molecule has 2 nitrogen and oxygen atoms in total. The summed E-state index contributed by atoms with van der Waals surface area (Å²) in [5, 5.41) is 8.56. The predicted octanol–water partition coefficient (Wildman–Crippen LogP) is 2.62. The van der Waals surface area contributed by atoms with E-state index in [1.807, 2.05) is 0 Å². The molecule has 0 radical (unpaired) electrons. The number of fused-ring (bicyclic) bond motifs is 1. The van der Waals surface area contributed by atoms with Crippen LogP contribution in [0, 0.1) is 17.3 Å². The summed E-state index contributed by atoms with van der Waals surface area (Å²) in [5.41, 5.74) is 1.60. The van der Waals surface area contributed by atoms with Gasteiger partial charge in [-0.3, -0.25) is 0 Å². The Morgan fingerprint density at radius 1 is 1.64 bits per heavy atom. The van der Waals surface area contributed by atoms with Gasteiger partial charge >= 0.3 is 5.97 Å². The van der Waals surface area contributed by atoms with Gasteiger partial charge in [-0.25, -0.2) is 4.79 Å². The minimum absolute atomic E-state index is 0.382. The molecule has 2 unspecified atom stereocenters. The van der Waals surface area contributed by atoms with E-state index in [1.54, 1.807) is 6.08 Å². The van der Waals surface area contributed by atoms with Gasteiger partial charge in [0.15, 0.2) is 0 Å². The Morgan fingerprint density at radius 2 is 2.36 bits per heavy atom. The Morgan fingerprint density at radius 3 is 2.86 bits per heavy atom. The first-order chi connectivity index (χ1) is 6.51. The van der Waals surface area contributed by atoms with Crippen molar-refractivity contribution in [2.24, 2.45) is 17.3 Å². The maximum atomic E-state index is 10.4. The van der Waals surface area contributed by atoms with Gasteiger partial charge < -0.3 is 5.11 Å². The highest BCUT2D eigenvalue weighted by Crippen LogP contribution is 2.59. The molecule has 0 amide bonds. The molecule has 0 spiro atoms. The van der Waals surface area contributed by atoms with Crippen LogP contribution in [0.5, 0.6) is 0 Å². The molecule has 0 aromatic carbocycles. The molecule has 1 N–H and O–H groups in total. The molecule has 2 bridgehead atoms. The minimum atomic E-state index is -0.856. The quantitative estimate of drug-likeness (QED) is 0.683. The van der Waals surface area contributed by atoms with Crippen LogP contribution in [-0.4, -0.2) is 11.1 Å². The zero-order chi connectivity index (χ0) is 10.3. The van der Waals surface area contributed by atoms with Crippen LogP contribution in [0.1, 0.15) is 26.7 Å². The van der Waals surface area contributed by atoms with Crippen LogP contribution in [0.2, 0.25) is 0 Å². The lowest BCUT2D eigenvalue weighted by molar-refractivity contribution is -0.131. The largest absolute Gasteiger partial charge is 0.478 e. The molecule has 14 heavy (non-hydrogen) atoms. The van der Waals surface area contributed by atoms with Gasteiger partial charge in [-0.1, -0.05) is 26.0 Å². The molecular weight excluding hydrogens is 176 g/mol. The second-order valence-electron chi connectivity index (χ2n) is 4.92. The number of carboxylic acids is 1. The van der Waals surface area contributed by atoms with E-state index in [0.29, 0.717) is 11.3 Å². The maximum absolute atomic E-state index is 10.4. The third kappa shape index (κ3) is 1.29. The van der Waals surface area contributed by atoms with Crippen molar-refractivity contribution in [1.82, 2.24) is 0 Å². The monoisotopic (exact) mass is 192 g/mol. The minimum Gasteiger partial charge on any atom is -0.478 e. The van der Waals surface area contributed by atoms with Crippen molar-refractivity contribution < 1.29 is 9.90 Å². The van der Waals surface area contributed by atoms with E-state index in [2.05, 4.69) is 19.9 Å². The van der Waals surface area contributed by atoms with E-state index in [9.17, 15) is 4.79 Å². The van der Waals surface area contributed by atoms with E-state index in [4.69, 9.17) is 5.11 Å². The third-order valence-electron chi connectivity index (χ3n) is 3.93. The van der Waals surface area contributed by atoms with Gasteiger partial charge in [-0.15, -0.1) is 0 Å².